The Hall–Kier alpha value is -0.860. The van der Waals surface area contributed by atoms with Crippen molar-refractivity contribution >= 4 is 11.8 Å². The summed E-state index contributed by atoms with van der Waals surface area (Å²) in [6.07, 6.45) is 6.33. The van der Waals surface area contributed by atoms with Gasteiger partial charge < -0.3 is 0 Å². The summed E-state index contributed by atoms with van der Waals surface area (Å²) in [4.78, 5) is 23.8. The van der Waals surface area contributed by atoms with Gasteiger partial charge in [-0.25, -0.2) is 0 Å². The van der Waals surface area contributed by atoms with Gasteiger partial charge in [-0.15, -0.1) is 0 Å². The van der Waals surface area contributed by atoms with Crippen molar-refractivity contribution in [3.63, 3.8) is 0 Å². The minimum atomic E-state index is -0.116. The van der Waals surface area contributed by atoms with Crippen molar-refractivity contribution in [3.8, 4) is 0 Å². The van der Waals surface area contributed by atoms with Crippen molar-refractivity contribution in [2.24, 2.45) is 23.2 Å². The second-order valence-corrected chi connectivity index (χ2v) is 6.93. The molecule has 0 radical (unpaired) electrons. The molecule has 2 rings (SSSR count). The van der Waals surface area contributed by atoms with Gasteiger partial charge >= 0.3 is 0 Å². The molecule has 0 aromatic carbocycles. The average Bonchev–Trinajstić information content (AvgIpc) is 2.18. The molecule has 2 aliphatic rings. The van der Waals surface area contributed by atoms with Crippen LogP contribution in [-0.4, -0.2) is 11.8 Å². The number of rotatable bonds is 4. The minimum absolute atomic E-state index is 0.01000. The Morgan fingerprint density at radius 3 is 2.50 bits per heavy atom. The van der Waals surface area contributed by atoms with Crippen molar-refractivity contribution in [2.45, 2.75) is 59.3 Å². The van der Waals surface area contributed by atoms with Crippen LogP contribution in [0.1, 0.15) is 59.3 Å². The molecule has 1 aliphatic carbocycles. The van der Waals surface area contributed by atoms with Crippen molar-refractivity contribution in [1.29, 1.82) is 0 Å². The van der Waals surface area contributed by atoms with Gasteiger partial charge in [0, 0.05) is 12.3 Å². The van der Waals surface area contributed by atoms with E-state index in [4.69, 9.17) is 0 Å². The maximum absolute atomic E-state index is 12.1. The van der Waals surface area contributed by atoms with E-state index < -0.39 is 0 Å². The number of hydrogen-bond acceptors (Lipinski definition) is 2. The molecular weight excluding hydrogens is 226 g/mol. The largest absolute Gasteiger partial charge is 0.296 e. The van der Waals surface area contributed by atoms with Gasteiger partial charge in [0.25, 0.3) is 0 Å². The van der Waals surface area contributed by atoms with Crippen molar-refractivity contribution in [2.75, 3.05) is 0 Å². The van der Waals surface area contributed by atoms with E-state index in [-0.39, 0.29) is 23.1 Å². The molecule has 3 nitrogen and oxygen atoms in total. The zero-order valence-corrected chi connectivity index (χ0v) is 11.8. The molecule has 1 heterocycles. The molecule has 18 heavy (non-hydrogen) atoms. The van der Waals surface area contributed by atoms with E-state index in [1.165, 1.54) is 19.3 Å². The van der Waals surface area contributed by atoms with Crippen LogP contribution < -0.4 is 5.32 Å². The number of piperidine rings is 1. The summed E-state index contributed by atoms with van der Waals surface area (Å²) < 4.78 is 0. The van der Waals surface area contributed by atoms with Crippen LogP contribution in [0.25, 0.3) is 0 Å². The SMILES string of the molecule is CC(C)CC1C(=O)NC(=O)CC1(C)CC1CCC1. The Balaban J connectivity index is 2.13. The highest BCUT2D eigenvalue weighted by Gasteiger charge is 2.46. The minimum Gasteiger partial charge on any atom is -0.296 e. The van der Waals surface area contributed by atoms with Crippen LogP contribution in [0.4, 0.5) is 0 Å². The van der Waals surface area contributed by atoms with Crippen LogP contribution in [0.15, 0.2) is 0 Å². The van der Waals surface area contributed by atoms with Gasteiger partial charge in [-0.1, -0.05) is 40.0 Å². The van der Waals surface area contributed by atoms with Gasteiger partial charge in [-0.3, -0.25) is 14.9 Å². The molecule has 0 bridgehead atoms. The Bertz CT molecular complexity index is 346. The van der Waals surface area contributed by atoms with Crippen molar-refractivity contribution in [3.05, 3.63) is 0 Å². The fourth-order valence-corrected chi connectivity index (χ4v) is 3.51. The molecule has 2 atom stereocenters. The summed E-state index contributed by atoms with van der Waals surface area (Å²) in [5.41, 5.74) is -0.116. The van der Waals surface area contributed by atoms with Gasteiger partial charge in [0.1, 0.15) is 0 Å². The average molecular weight is 251 g/mol. The lowest BCUT2D eigenvalue weighted by atomic mass is 9.62. The van der Waals surface area contributed by atoms with Gasteiger partial charge in [0.15, 0.2) is 0 Å². The Kier molecular flexibility index (Phi) is 3.79. The standard InChI is InChI=1S/C15H25NO2/c1-10(2)7-12-14(18)16-13(17)9-15(12,3)8-11-5-4-6-11/h10-12H,4-9H2,1-3H3,(H,16,17,18). The van der Waals surface area contributed by atoms with Crippen LogP contribution in [0.3, 0.4) is 0 Å². The third-order valence-corrected chi connectivity index (χ3v) is 4.67. The summed E-state index contributed by atoms with van der Waals surface area (Å²) in [7, 11) is 0. The quantitative estimate of drug-likeness (QED) is 0.781. The monoisotopic (exact) mass is 251 g/mol. The van der Waals surface area contributed by atoms with E-state index in [2.05, 4.69) is 26.1 Å². The zero-order chi connectivity index (χ0) is 13.3. The van der Waals surface area contributed by atoms with Crippen LogP contribution in [0, 0.1) is 23.2 Å². The van der Waals surface area contributed by atoms with Crippen LogP contribution in [0.2, 0.25) is 0 Å². The number of carbonyl (C=O) groups excluding carboxylic acids is 2. The maximum Gasteiger partial charge on any atom is 0.230 e. The Labute approximate surface area is 110 Å². The molecule has 1 N–H and O–H groups in total. The van der Waals surface area contributed by atoms with E-state index in [1.807, 2.05) is 0 Å². The van der Waals surface area contributed by atoms with Gasteiger partial charge in [-0.05, 0) is 30.1 Å². The van der Waals surface area contributed by atoms with Crippen LogP contribution in [0.5, 0.6) is 0 Å². The molecule has 3 heteroatoms. The zero-order valence-electron chi connectivity index (χ0n) is 11.8. The lowest BCUT2D eigenvalue weighted by Crippen LogP contribution is -2.52. The first kappa shape index (κ1) is 13.6. The lowest BCUT2D eigenvalue weighted by Gasteiger charge is -2.44. The predicted molar refractivity (Wildman–Crippen MR) is 70.8 cm³/mol. The third kappa shape index (κ3) is 2.76. The Morgan fingerprint density at radius 2 is 2.00 bits per heavy atom. The van der Waals surface area contributed by atoms with Crippen LogP contribution in [-0.2, 0) is 9.59 Å². The summed E-state index contributed by atoms with van der Waals surface area (Å²) >= 11 is 0. The molecule has 2 unspecified atom stereocenters. The molecule has 102 valence electrons. The molecular formula is C15H25NO2. The molecule has 0 aromatic heterocycles. The van der Waals surface area contributed by atoms with Crippen molar-refractivity contribution in [1.82, 2.24) is 5.32 Å². The topological polar surface area (TPSA) is 46.2 Å². The molecule has 1 aliphatic heterocycles. The number of hydrogen-bond donors (Lipinski definition) is 1. The lowest BCUT2D eigenvalue weighted by molar-refractivity contribution is -0.145. The number of amides is 2. The molecule has 0 spiro atoms. The number of imide groups is 1. The van der Waals surface area contributed by atoms with E-state index >= 15 is 0 Å². The highest BCUT2D eigenvalue weighted by atomic mass is 16.2. The summed E-state index contributed by atoms with van der Waals surface area (Å²) in [5.74, 6) is 1.12. The van der Waals surface area contributed by atoms with E-state index in [0.29, 0.717) is 12.3 Å². The maximum atomic E-state index is 12.1. The highest BCUT2D eigenvalue weighted by Crippen LogP contribution is 2.47. The first-order chi connectivity index (χ1) is 8.40. The van der Waals surface area contributed by atoms with E-state index in [9.17, 15) is 9.59 Å². The molecule has 1 saturated carbocycles. The van der Waals surface area contributed by atoms with Crippen LogP contribution >= 0.6 is 0 Å². The molecule has 2 amide bonds. The van der Waals surface area contributed by atoms with Gasteiger partial charge in [0.05, 0.1) is 0 Å². The predicted octanol–water partition coefficient (Wildman–Crippen LogP) is 2.89. The second-order valence-electron chi connectivity index (χ2n) is 6.93. The third-order valence-electron chi connectivity index (χ3n) is 4.67. The molecule has 2 fully saturated rings. The Morgan fingerprint density at radius 1 is 1.33 bits per heavy atom. The van der Waals surface area contributed by atoms with E-state index in [1.54, 1.807) is 0 Å². The summed E-state index contributed by atoms with van der Waals surface area (Å²) in [6.45, 7) is 6.44. The molecule has 0 aromatic rings. The first-order valence-corrected chi connectivity index (χ1v) is 7.24. The van der Waals surface area contributed by atoms with Gasteiger partial charge in [0.2, 0.25) is 11.8 Å². The normalized spacial score (nSPS) is 33.4. The fourth-order valence-electron chi connectivity index (χ4n) is 3.51. The van der Waals surface area contributed by atoms with Gasteiger partial charge in [-0.2, -0.15) is 0 Å². The number of carbonyl (C=O) groups is 2. The first-order valence-electron chi connectivity index (χ1n) is 7.24. The molecule has 1 saturated heterocycles. The smallest absolute Gasteiger partial charge is 0.230 e. The summed E-state index contributed by atoms with van der Waals surface area (Å²) in [6, 6.07) is 0. The van der Waals surface area contributed by atoms with Crippen molar-refractivity contribution < 1.29 is 9.59 Å². The number of nitrogens with one attached hydrogen (secondary N) is 1. The second kappa shape index (κ2) is 5.02. The fraction of sp³-hybridized carbons (Fsp3) is 0.867. The summed E-state index contributed by atoms with van der Waals surface area (Å²) in [5, 5.41) is 2.52. The highest BCUT2D eigenvalue weighted by molar-refractivity contribution is 5.99. The van der Waals surface area contributed by atoms with E-state index in [0.717, 1.165) is 18.8 Å².